The molecule has 1 amide bonds. The van der Waals surface area contributed by atoms with Crippen molar-refractivity contribution in [2.24, 2.45) is 0 Å². The Balaban J connectivity index is 1.92. The Morgan fingerprint density at radius 2 is 2.17 bits per heavy atom. The zero-order chi connectivity index (χ0) is 13.0. The van der Waals surface area contributed by atoms with E-state index in [1.807, 2.05) is 27.5 Å². The topological polar surface area (TPSA) is 78.1 Å². The highest BCUT2D eigenvalue weighted by atomic mass is 127. The zero-order valence-electron chi connectivity index (χ0n) is 9.91. The largest absolute Gasteiger partial charge is 0.360 e. The van der Waals surface area contributed by atoms with Crippen molar-refractivity contribution in [3.8, 4) is 0 Å². The third kappa shape index (κ3) is 3.21. The summed E-state index contributed by atoms with van der Waals surface area (Å²) < 4.78 is 0.474. The van der Waals surface area contributed by atoms with Crippen LogP contribution in [-0.2, 0) is 4.79 Å². The minimum Gasteiger partial charge on any atom is -0.360 e. The van der Waals surface area contributed by atoms with Gasteiger partial charge in [0, 0.05) is 13.1 Å². The quantitative estimate of drug-likeness (QED) is 0.780. The number of hydrogen-bond acceptors (Lipinski definition) is 4. The Hall–Kier alpha value is -1.12. The third-order valence-electron chi connectivity index (χ3n) is 2.91. The average molecular weight is 362 g/mol. The molecule has 2 rings (SSSR count). The number of carbonyl (C=O) groups is 1. The van der Waals surface area contributed by atoms with Crippen molar-refractivity contribution in [1.29, 1.82) is 0 Å². The highest BCUT2D eigenvalue weighted by molar-refractivity contribution is 14.1. The summed E-state index contributed by atoms with van der Waals surface area (Å²) in [5, 5.41) is 2.92. The molecule has 0 unspecified atom stereocenters. The molecule has 0 aromatic carbocycles. The summed E-state index contributed by atoms with van der Waals surface area (Å²) in [7, 11) is 0. The summed E-state index contributed by atoms with van der Waals surface area (Å²) in [6.45, 7) is 1.85. The Labute approximate surface area is 118 Å². The standard InChI is InChI=1S/C11H15IN4O2/c12-9-10(14-7-15-11(9)18)13-6-8(17)16-4-2-1-3-5-16/h7H,1-6H2,(H2,13,14,15,18). The first-order chi connectivity index (χ1) is 8.68. The number of aromatic nitrogens is 2. The number of nitrogens with zero attached hydrogens (tertiary/aromatic N) is 2. The maximum Gasteiger partial charge on any atom is 0.266 e. The maximum absolute atomic E-state index is 11.9. The van der Waals surface area contributed by atoms with E-state index in [-0.39, 0.29) is 18.0 Å². The lowest BCUT2D eigenvalue weighted by molar-refractivity contribution is -0.130. The summed E-state index contributed by atoms with van der Waals surface area (Å²) in [4.78, 5) is 31.6. The molecule has 2 N–H and O–H groups in total. The van der Waals surface area contributed by atoms with Gasteiger partial charge >= 0.3 is 0 Å². The molecule has 7 heteroatoms. The molecule has 1 fully saturated rings. The molecule has 1 aromatic rings. The first-order valence-corrected chi connectivity index (χ1v) is 7.01. The number of anilines is 1. The lowest BCUT2D eigenvalue weighted by Gasteiger charge is -2.26. The van der Waals surface area contributed by atoms with E-state index in [2.05, 4.69) is 15.3 Å². The highest BCUT2D eigenvalue weighted by Gasteiger charge is 2.16. The molecule has 1 aliphatic rings. The fraction of sp³-hybridized carbons (Fsp3) is 0.545. The van der Waals surface area contributed by atoms with E-state index in [9.17, 15) is 9.59 Å². The molecule has 18 heavy (non-hydrogen) atoms. The lowest BCUT2D eigenvalue weighted by Crippen LogP contribution is -2.39. The van der Waals surface area contributed by atoms with Crippen LogP contribution in [0.4, 0.5) is 5.82 Å². The number of piperidine rings is 1. The van der Waals surface area contributed by atoms with Gasteiger partial charge in [0.2, 0.25) is 5.91 Å². The summed E-state index contributed by atoms with van der Waals surface area (Å²) in [6, 6.07) is 0. The van der Waals surface area contributed by atoms with Crippen LogP contribution < -0.4 is 10.9 Å². The van der Waals surface area contributed by atoms with Crippen molar-refractivity contribution in [2.45, 2.75) is 19.3 Å². The molecule has 0 radical (unpaired) electrons. The van der Waals surface area contributed by atoms with Gasteiger partial charge in [0.1, 0.15) is 9.39 Å². The second kappa shape index (κ2) is 6.17. The van der Waals surface area contributed by atoms with Crippen molar-refractivity contribution < 1.29 is 4.79 Å². The number of halogens is 1. The molecular weight excluding hydrogens is 347 g/mol. The summed E-state index contributed by atoms with van der Waals surface area (Å²) in [5.41, 5.74) is -0.196. The minimum absolute atomic E-state index is 0.0626. The van der Waals surface area contributed by atoms with E-state index >= 15 is 0 Å². The van der Waals surface area contributed by atoms with Gasteiger partial charge in [-0.2, -0.15) is 0 Å². The van der Waals surface area contributed by atoms with Crippen LogP contribution in [0.25, 0.3) is 0 Å². The first-order valence-electron chi connectivity index (χ1n) is 5.93. The minimum atomic E-state index is -0.196. The van der Waals surface area contributed by atoms with Gasteiger partial charge in [0.05, 0.1) is 12.9 Å². The van der Waals surface area contributed by atoms with Crippen LogP contribution in [0.3, 0.4) is 0 Å². The number of aromatic amines is 1. The molecule has 0 bridgehead atoms. The SMILES string of the molecule is O=C(CNc1nc[nH]c(=O)c1I)N1CCCCC1. The lowest BCUT2D eigenvalue weighted by atomic mass is 10.1. The fourth-order valence-corrected chi connectivity index (χ4v) is 2.41. The molecule has 6 nitrogen and oxygen atoms in total. The first kappa shape index (κ1) is 13.3. The number of amides is 1. The van der Waals surface area contributed by atoms with Crippen LogP contribution in [0.1, 0.15) is 19.3 Å². The molecule has 0 saturated carbocycles. The van der Waals surface area contributed by atoms with Gasteiger partial charge in [0.15, 0.2) is 0 Å². The van der Waals surface area contributed by atoms with Crippen LogP contribution in [0.2, 0.25) is 0 Å². The van der Waals surface area contributed by atoms with Crippen molar-refractivity contribution >= 4 is 34.3 Å². The van der Waals surface area contributed by atoms with Crippen LogP contribution in [0, 0.1) is 3.57 Å². The van der Waals surface area contributed by atoms with Crippen molar-refractivity contribution in [1.82, 2.24) is 14.9 Å². The van der Waals surface area contributed by atoms with Gasteiger partial charge in [-0.1, -0.05) is 0 Å². The van der Waals surface area contributed by atoms with E-state index in [0.717, 1.165) is 25.9 Å². The predicted octanol–water partition coefficient (Wildman–Crippen LogP) is 0.799. The number of H-pyrrole nitrogens is 1. The molecule has 0 aliphatic carbocycles. The monoisotopic (exact) mass is 362 g/mol. The van der Waals surface area contributed by atoms with Gasteiger partial charge < -0.3 is 15.2 Å². The molecule has 98 valence electrons. The Kier molecular flexibility index (Phi) is 4.56. The van der Waals surface area contributed by atoms with Crippen molar-refractivity contribution in [2.75, 3.05) is 25.0 Å². The highest BCUT2D eigenvalue weighted by Crippen LogP contribution is 2.11. The summed E-state index contributed by atoms with van der Waals surface area (Å²) in [6.07, 6.45) is 4.68. The second-order valence-electron chi connectivity index (χ2n) is 4.19. The number of hydrogen-bond donors (Lipinski definition) is 2. The molecule has 0 atom stereocenters. The molecule has 1 aromatic heterocycles. The number of nitrogens with one attached hydrogen (secondary N) is 2. The smallest absolute Gasteiger partial charge is 0.266 e. The van der Waals surface area contributed by atoms with Gasteiger partial charge in [-0.15, -0.1) is 0 Å². The summed E-state index contributed by atoms with van der Waals surface area (Å²) >= 11 is 1.91. The van der Waals surface area contributed by atoms with Gasteiger partial charge in [-0.05, 0) is 41.9 Å². The number of carbonyl (C=O) groups excluding carboxylic acids is 1. The Morgan fingerprint density at radius 1 is 1.44 bits per heavy atom. The fourth-order valence-electron chi connectivity index (χ4n) is 1.92. The van der Waals surface area contributed by atoms with Crippen molar-refractivity contribution in [3.63, 3.8) is 0 Å². The van der Waals surface area contributed by atoms with Gasteiger partial charge in [0.25, 0.3) is 5.56 Å². The molecular formula is C11H15IN4O2. The zero-order valence-corrected chi connectivity index (χ0v) is 12.1. The predicted molar refractivity (Wildman–Crippen MR) is 76.5 cm³/mol. The van der Waals surface area contributed by atoms with E-state index in [1.54, 1.807) is 0 Å². The van der Waals surface area contributed by atoms with Gasteiger partial charge in [-0.25, -0.2) is 4.98 Å². The van der Waals surface area contributed by atoms with E-state index < -0.39 is 0 Å². The Morgan fingerprint density at radius 3 is 2.89 bits per heavy atom. The van der Waals surface area contributed by atoms with Gasteiger partial charge in [-0.3, -0.25) is 9.59 Å². The summed E-state index contributed by atoms with van der Waals surface area (Å²) in [5.74, 6) is 0.525. The maximum atomic E-state index is 11.9. The van der Waals surface area contributed by atoms with Crippen LogP contribution in [0.5, 0.6) is 0 Å². The van der Waals surface area contributed by atoms with Crippen LogP contribution >= 0.6 is 22.6 Å². The average Bonchev–Trinajstić information content (AvgIpc) is 2.41. The van der Waals surface area contributed by atoms with Crippen LogP contribution in [0.15, 0.2) is 11.1 Å². The normalized spacial score (nSPS) is 15.5. The number of rotatable bonds is 3. The van der Waals surface area contributed by atoms with E-state index in [1.165, 1.54) is 12.7 Å². The molecule has 1 aliphatic heterocycles. The third-order valence-corrected chi connectivity index (χ3v) is 3.91. The molecule has 0 spiro atoms. The van der Waals surface area contributed by atoms with E-state index in [4.69, 9.17) is 0 Å². The molecule has 2 heterocycles. The van der Waals surface area contributed by atoms with Crippen LogP contribution in [-0.4, -0.2) is 40.4 Å². The Bertz CT molecular complexity index is 482. The number of likely N-dealkylation sites (tertiary alicyclic amines) is 1. The van der Waals surface area contributed by atoms with E-state index in [0.29, 0.717) is 9.39 Å². The second-order valence-corrected chi connectivity index (χ2v) is 5.27. The molecule has 1 saturated heterocycles. The van der Waals surface area contributed by atoms with Crippen molar-refractivity contribution in [3.05, 3.63) is 20.3 Å².